The Labute approximate surface area is 131 Å². The molecule has 114 valence electrons. The van der Waals surface area contributed by atoms with Crippen LogP contribution in [0.5, 0.6) is 0 Å². The normalized spacial score (nSPS) is 16.2. The van der Waals surface area contributed by atoms with Crippen LogP contribution in [0, 0.1) is 0 Å². The van der Waals surface area contributed by atoms with Crippen LogP contribution >= 0.6 is 11.3 Å². The SMILES string of the molecule is CNC(Cc1ccn(C(C)C)n1)c1cc2c(s1)CCCC2. The van der Waals surface area contributed by atoms with Crippen molar-refractivity contribution >= 4 is 11.3 Å². The minimum Gasteiger partial charge on any atom is -0.312 e. The summed E-state index contributed by atoms with van der Waals surface area (Å²) >= 11 is 2.00. The number of hydrogen-bond donors (Lipinski definition) is 1. The maximum absolute atomic E-state index is 4.69. The molecule has 21 heavy (non-hydrogen) atoms. The minimum absolute atomic E-state index is 0.385. The Morgan fingerprint density at radius 1 is 1.33 bits per heavy atom. The van der Waals surface area contributed by atoms with Crippen molar-refractivity contribution in [3.05, 3.63) is 39.3 Å². The molecule has 1 aliphatic rings. The van der Waals surface area contributed by atoms with Gasteiger partial charge in [0.15, 0.2) is 0 Å². The number of fused-ring (bicyclic) bond motifs is 1. The second-order valence-corrected chi connectivity index (χ2v) is 7.40. The molecule has 0 radical (unpaired) electrons. The average Bonchev–Trinajstić information content (AvgIpc) is 3.11. The summed E-state index contributed by atoms with van der Waals surface area (Å²) in [5.74, 6) is 0. The van der Waals surface area contributed by atoms with E-state index in [1.807, 2.05) is 16.0 Å². The standard InChI is InChI=1S/C17H25N3S/c1-12(2)20-9-8-14(19-20)11-15(18-3)17-10-13-6-4-5-7-16(13)21-17/h8-10,12,15,18H,4-7,11H2,1-3H3. The first-order chi connectivity index (χ1) is 10.2. The zero-order chi connectivity index (χ0) is 14.8. The smallest absolute Gasteiger partial charge is 0.0644 e. The molecule has 0 amide bonds. The molecule has 1 N–H and O–H groups in total. The molecule has 0 fully saturated rings. The summed E-state index contributed by atoms with van der Waals surface area (Å²) in [4.78, 5) is 3.09. The monoisotopic (exact) mass is 303 g/mol. The first-order valence-electron chi connectivity index (χ1n) is 8.00. The largest absolute Gasteiger partial charge is 0.312 e. The van der Waals surface area contributed by atoms with Crippen molar-refractivity contribution < 1.29 is 0 Å². The van der Waals surface area contributed by atoms with E-state index in [2.05, 4.69) is 49.6 Å². The molecule has 0 saturated heterocycles. The highest BCUT2D eigenvalue weighted by Gasteiger charge is 2.19. The molecule has 2 aromatic heterocycles. The second kappa shape index (κ2) is 6.32. The Morgan fingerprint density at radius 3 is 2.81 bits per heavy atom. The second-order valence-electron chi connectivity index (χ2n) is 6.23. The summed E-state index contributed by atoms with van der Waals surface area (Å²) in [5, 5.41) is 8.16. The van der Waals surface area contributed by atoms with Crippen LogP contribution in [0.2, 0.25) is 0 Å². The number of nitrogens with one attached hydrogen (secondary N) is 1. The van der Waals surface area contributed by atoms with E-state index in [-0.39, 0.29) is 0 Å². The highest BCUT2D eigenvalue weighted by molar-refractivity contribution is 7.12. The Morgan fingerprint density at radius 2 is 2.14 bits per heavy atom. The lowest BCUT2D eigenvalue weighted by atomic mass is 9.98. The number of aromatic nitrogens is 2. The predicted molar refractivity (Wildman–Crippen MR) is 89.1 cm³/mol. The molecular weight excluding hydrogens is 278 g/mol. The first kappa shape index (κ1) is 14.8. The predicted octanol–water partition coefficient (Wildman–Crippen LogP) is 3.91. The van der Waals surface area contributed by atoms with Crippen molar-refractivity contribution in [1.29, 1.82) is 0 Å². The lowest BCUT2D eigenvalue weighted by Gasteiger charge is -2.13. The fourth-order valence-corrected chi connectivity index (χ4v) is 4.38. The molecule has 0 aromatic carbocycles. The van der Waals surface area contributed by atoms with Gasteiger partial charge in [0.25, 0.3) is 0 Å². The molecule has 3 nitrogen and oxygen atoms in total. The highest BCUT2D eigenvalue weighted by atomic mass is 32.1. The van der Waals surface area contributed by atoms with Crippen molar-refractivity contribution in [2.24, 2.45) is 0 Å². The van der Waals surface area contributed by atoms with Crippen LogP contribution in [-0.4, -0.2) is 16.8 Å². The van der Waals surface area contributed by atoms with Crippen molar-refractivity contribution in [2.75, 3.05) is 7.05 Å². The molecule has 2 heterocycles. The van der Waals surface area contributed by atoms with E-state index < -0.39 is 0 Å². The molecule has 0 bridgehead atoms. The first-order valence-corrected chi connectivity index (χ1v) is 8.82. The van der Waals surface area contributed by atoms with E-state index in [4.69, 9.17) is 0 Å². The lowest BCUT2D eigenvalue weighted by molar-refractivity contribution is 0.516. The molecule has 0 saturated carbocycles. The number of rotatable bonds is 5. The average molecular weight is 303 g/mol. The Bertz CT molecular complexity index is 573. The molecule has 3 rings (SSSR count). The van der Waals surface area contributed by atoms with Crippen molar-refractivity contribution in [3.8, 4) is 0 Å². The fraction of sp³-hybridized carbons (Fsp3) is 0.588. The van der Waals surface area contributed by atoms with E-state index in [9.17, 15) is 0 Å². The van der Waals surface area contributed by atoms with Crippen LogP contribution in [-0.2, 0) is 19.3 Å². The summed E-state index contributed by atoms with van der Waals surface area (Å²) < 4.78 is 2.04. The van der Waals surface area contributed by atoms with Gasteiger partial charge < -0.3 is 5.32 Å². The van der Waals surface area contributed by atoms with Crippen LogP contribution in [0.15, 0.2) is 18.3 Å². The minimum atomic E-state index is 0.385. The highest BCUT2D eigenvalue weighted by Crippen LogP contribution is 2.33. The number of hydrogen-bond acceptors (Lipinski definition) is 3. The van der Waals surface area contributed by atoms with Crippen LogP contribution in [0.3, 0.4) is 0 Å². The van der Waals surface area contributed by atoms with E-state index in [1.54, 1.807) is 10.4 Å². The molecular formula is C17H25N3S. The molecule has 1 unspecified atom stereocenters. The van der Waals surface area contributed by atoms with Gasteiger partial charge in [-0.25, -0.2) is 0 Å². The van der Waals surface area contributed by atoms with Gasteiger partial charge in [0.1, 0.15) is 0 Å². The van der Waals surface area contributed by atoms with E-state index in [0.717, 1.165) is 6.42 Å². The van der Waals surface area contributed by atoms with Gasteiger partial charge in [0.2, 0.25) is 0 Å². The number of aryl methyl sites for hydroxylation is 2. The van der Waals surface area contributed by atoms with Gasteiger partial charge in [-0.3, -0.25) is 4.68 Å². The van der Waals surface area contributed by atoms with Gasteiger partial charge in [-0.15, -0.1) is 11.3 Å². The molecule has 0 aliphatic heterocycles. The van der Waals surface area contributed by atoms with E-state index in [0.29, 0.717) is 12.1 Å². The number of likely N-dealkylation sites (N-methyl/N-ethyl adjacent to an activating group) is 1. The third kappa shape index (κ3) is 3.22. The van der Waals surface area contributed by atoms with Gasteiger partial charge >= 0.3 is 0 Å². The Kier molecular flexibility index (Phi) is 4.45. The van der Waals surface area contributed by atoms with Gasteiger partial charge in [0, 0.05) is 34.5 Å². The van der Waals surface area contributed by atoms with E-state index >= 15 is 0 Å². The summed E-state index contributed by atoms with van der Waals surface area (Å²) in [6.07, 6.45) is 8.31. The zero-order valence-corrected chi connectivity index (χ0v) is 14.0. The third-order valence-electron chi connectivity index (χ3n) is 4.31. The van der Waals surface area contributed by atoms with Crippen molar-refractivity contribution in [2.45, 2.75) is 58.0 Å². The molecule has 4 heteroatoms. The quantitative estimate of drug-likeness (QED) is 0.907. The lowest BCUT2D eigenvalue weighted by Crippen LogP contribution is -2.18. The van der Waals surface area contributed by atoms with Crippen LogP contribution < -0.4 is 5.32 Å². The molecule has 1 atom stereocenters. The fourth-order valence-electron chi connectivity index (χ4n) is 3.01. The maximum Gasteiger partial charge on any atom is 0.0644 e. The van der Waals surface area contributed by atoms with Gasteiger partial charge in [-0.1, -0.05) is 0 Å². The van der Waals surface area contributed by atoms with Crippen LogP contribution in [0.25, 0.3) is 0 Å². The van der Waals surface area contributed by atoms with Gasteiger partial charge in [0.05, 0.1) is 5.69 Å². The summed E-state index contributed by atoms with van der Waals surface area (Å²) in [6.45, 7) is 4.33. The van der Waals surface area contributed by atoms with E-state index in [1.165, 1.54) is 36.3 Å². The van der Waals surface area contributed by atoms with Gasteiger partial charge in [-0.2, -0.15) is 5.10 Å². The molecule has 2 aromatic rings. The Hall–Kier alpha value is -1.13. The maximum atomic E-state index is 4.69. The zero-order valence-electron chi connectivity index (χ0n) is 13.2. The Balaban J connectivity index is 1.76. The van der Waals surface area contributed by atoms with Crippen LogP contribution in [0.1, 0.15) is 59.8 Å². The summed E-state index contributed by atoms with van der Waals surface area (Å²) in [7, 11) is 2.06. The van der Waals surface area contributed by atoms with Crippen molar-refractivity contribution in [1.82, 2.24) is 15.1 Å². The topological polar surface area (TPSA) is 29.9 Å². The number of nitrogens with zero attached hydrogens (tertiary/aromatic N) is 2. The van der Waals surface area contributed by atoms with Gasteiger partial charge in [-0.05, 0) is 64.3 Å². The van der Waals surface area contributed by atoms with Crippen molar-refractivity contribution in [3.63, 3.8) is 0 Å². The third-order valence-corrected chi connectivity index (χ3v) is 5.66. The van der Waals surface area contributed by atoms with Crippen LogP contribution in [0.4, 0.5) is 0 Å². The number of thiophene rings is 1. The molecule has 0 spiro atoms. The molecule has 1 aliphatic carbocycles. The summed E-state index contributed by atoms with van der Waals surface area (Å²) in [6, 6.07) is 5.40. The summed E-state index contributed by atoms with van der Waals surface area (Å²) in [5.41, 5.74) is 2.77.